The molecule has 1 aromatic carbocycles. The summed E-state index contributed by atoms with van der Waals surface area (Å²) in [4.78, 5) is 24.0. The molecule has 2 atom stereocenters. The molecule has 0 aliphatic heterocycles. The van der Waals surface area contributed by atoms with Crippen LogP contribution in [0.3, 0.4) is 0 Å². The highest BCUT2D eigenvalue weighted by Gasteiger charge is 2.23. The lowest BCUT2D eigenvalue weighted by molar-refractivity contribution is -0.00475. The number of esters is 2. The first-order valence-electron chi connectivity index (χ1n) is 8.25. The largest absolute Gasteiger partial charge is 0.459 e. The third kappa shape index (κ3) is 5.04. The van der Waals surface area contributed by atoms with Gasteiger partial charge in [-0.15, -0.1) is 0 Å². The van der Waals surface area contributed by atoms with Crippen molar-refractivity contribution in [1.82, 2.24) is 0 Å². The van der Waals surface area contributed by atoms with E-state index in [0.717, 1.165) is 0 Å². The van der Waals surface area contributed by atoms with Crippen molar-refractivity contribution in [3.8, 4) is 0 Å². The molecule has 24 heavy (non-hydrogen) atoms. The molecule has 0 bridgehead atoms. The summed E-state index contributed by atoms with van der Waals surface area (Å²) in [6, 6.07) is 6.03. The first-order chi connectivity index (χ1) is 11.4. The van der Waals surface area contributed by atoms with Gasteiger partial charge >= 0.3 is 11.9 Å². The Hall–Kier alpha value is -1.92. The number of benzene rings is 1. The zero-order valence-corrected chi connectivity index (χ0v) is 14.0. The van der Waals surface area contributed by atoms with E-state index in [0.29, 0.717) is 36.8 Å². The molecule has 2 N–H and O–H groups in total. The van der Waals surface area contributed by atoms with Crippen molar-refractivity contribution in [2.45, 2.75) is 63.9 Å². The molecule has 6 heteroatoms. The van der Waals surface area contributed by atoms with Gasteiger partial charge in [0, 0.05) is 0 Å². The lowest BCUT2D eigenvalue weighted by atomic mass is 9.95. The predicted octanol–water partition coefficient (Wildman–Crippen LogP) is 2.07. The van der Waals surface area contributed by atoms with Crippen LogP contribution < -0.4 is 0 Å². The van der Waals surface area contributed by atoms with Crippen LogP contribution in [-0.4, -0.2) is 46.6 Å². The van der Waals surface area contributed by atoms with Crippen molar-refractivity contribution in [3.05, 3.63) is 35.4 Å². The fourth-order valence-corrected chi connectivity index (χ4v) is 2.46. The van der Waals surface area contributed by atoms with Crippen LogP contribution in [0.25, 0.3) is 0 Å². The van der Waals surface area contributed by atoms with Gasteiger partial charge in [-0.2, -0.15) is 0 Å². The second-order valence-corrected chi connectivity index (χ2v) is 6.26. The normalized spacial score (nSPS) is 23.2. The molecular weight excluding hydrogens is 312 g/mol. The van der Waals surface area contributed by atoms with Crippen molar-refractivity contribution in [3.63, 3.8) is 0 Å². The van der Waals surface area contributed by atoms with E-state index in [1.807, 2.05) is 0 Å². The number of aliphatic hydroxyl groups is 2. The van der Waals surface area contributed by atoms with Gasteiger partial charge in [-0.25, -0.2) is 9.59 Å². The Morgan fingerprint density at radius 3 is 2.00 bits per heavy atom. The van der Waals surface area contributed by atoms with Crippen molar-refractivity contribution in [1.29, 1.82) is 0 Å². The summed E-state index contributed by atoms with van der Waals surface area (Å²) in [6.07, 6.45) is 0.782. The fourth-order valence-electron chi connectivity index (χ4n) is 2.46. The van der Waals surface area contributed by atoms with Gasteiger partial charge in [0.1, 0.15) is 12.2 Å². The number of rotatable bonds is 5. The monoisotopic (exact) mass is 336 g/mol. The number of aliphatic hydroxyl groups excluding tert-OH is 2. The van der Waals surface area contributed by atoms with Crippen LogP contribution in [-0.2, 0) is 9.47 Å². The maximum atomic E-state index is 12.1. The highest BCUT2D eigenvalue weighted by molar-refractivity contribution is 5.93. The van der Waals surface area contributed by atoms with E-state index in [2.05, 4.69) is 0 Å². The van der Waals surface area contributed by atoms with E-state index in [9.17, 15) is 19.8 Å². The maximum Gasteiger partial charge on any atom is 0.338 e. The van der Waals surface area contributed by atoms with Gasteiger partial charge in [0.05, 0.1) is 23.3 Å². The second-order valence-electron chi connectivity index (χ2n) is 6.26. The van der Waals surface area contributed by atoms with Gasteiger partial charge in [-0.1, -0.05) is 0 Å². The van der Waals surface area contributed by atoms with Crippen LogP contribution in [0.5, 0.6) is 0 Å². The number of carbonyl (C=O) groups excluding carboxylic acids is 2. The first kappa shape index (κ1) is 18.4. The van der Waals surface area contributed by atoms with E-state index in [1.54, 1.807) is 13.8 Å². The van der Waals surface area contributed by atoms with Gasteiger partial charge < -0.3 is 19.7 Å². The Morgan fingerprint density at radius 1 is 1.00 bits per heavy atom. The average Bonchev–Trinajstić information content (AvgIpc) is 2.56. The number of carbonyl (C=O) groups is 2. The summed E-state index contributed by atoms with van der Waals surface area (Å²) in [7, 11) is 0. The van der Waals surface area contributed by atoms with Crippen LogP contribution in [0.2, 0.25) is 0 Å². The molecule has 1 aromatic rings. The second kappa shape index (κ2) is 8.26. The van der Waals surface area contributed by atoms with Crippen molar-refractivity contribution >= 4 is 11.9 Å². The minimum Gasteiger partial charge on any atom is -0.459 e. The topological polar surface area (TPSA) is 93.1 Å². The summed E-state index contributed by atoms with van der Waals surface area (Å²) in [5.41, 5.74) is 0.668. The van der Waals surface area contributed by atoms with Crippen molar-refractivity contribution in [2.75, 3.05) is 0 Å². The molecule has 1 aliphatic rings. The molecule has 2 unspecified atom stereocenters. The van der Waals surface area contributed by atoms with Crippen LogP contribution in [0.1, 0.15) is 60.2 Å². The molecule has 132 valence electrons. The Bertz CT molecular complexity index is 557. The SMILES string of the molecule is CC(O)C(C)OC(=O)c1ccc(C(=O)OC2CCC(O)CC2)cc1. The van der Waals surface area contributed by atoms with Gasteiger partial charge in [0.25, 0.3) is 0 Å². The Morgan fingerprint density at radius 2 is 1.50 bits per heavy atom. The molecule has 1 aliphatic carbocycles. The van der Waals surface area contributed by atoms with Gasteiger partial charge in [0.15, 0.2) is 0 Å². The van der Waals surface area contributed by atoms with Gasteiger partial charge in [-0.3, -0.25) is 0 Å². The van der Waals surface area contributed by atoms with Crippen LogP contribution in [0.15, 0.2) is 24.3 Å². The van der Waals surface area contributed by atoms with Crippen LogP contribution in [0, 0.1) is 0 Å². The zero-order valence-electron chi connectivity index (χ0n) is 14.0. The summed E-state index contributed by atoms with van der Waals surface area (Å²) < 4.78 is 10.5. The summed E-state index contributed by atoms with van der Waals surface area (Å²) in [5.74, 6) is -0.988. The highest BCUT2D eigenvalue weighted by Crippen LogP contribution is 2.22. The first-order valence-corrected chi connectivity index (χ1v) is 8.25. The molecule has 0 saturated heterocycles. The molecule has 2 rings (SSSR count). The average molecular weight is 336 g/mol. The zero-order chi connectivity index (χ0) is 17.7. The summed E-state index contributed by atoms with van der Waals surface area (Å²) >= 11 is 0. The van der Waals surface area contributed by atoms with Crippen molar-refractivity contribution in [2.24, 2.45) is 0 Å². The Kier molecular flexibility index (Phi) is 6.34. The van der Waals surface area contributed by atoms with Crippen molar-refractivity contribution < 1.29 is 29.3 Å². The fraction of sp³-hybridized carbons (Fsp3) is 0.556. The minimum atomic E-state index is -0.753. The molecule has 0 heterocycles. The lowest BCUT2D eigenvalue weighted by Gasteiger charge is -2.25. The van der Waals surface area contributed by atoms with E-state index >= 15 is 0 Å². The molecule has 6 nitrogen and oxygen atoms in total. The van der Waals surface area contributed by atoms with Gasteiger partial charge in [0.2, 0.25) is 0 Å². The van der Waals surface area contributed by atoms with Gasteiger partial charge in [-0.05, 0) is 63.8 Å². The molecule has 0 amide bonds. The summed E-state index contributed by atoms with van der Waals surface area (Å²) in [5, 5.41) is 18.8. The number of hydrogen-bond donors (Lipinski definition) is 2. The summed E-state index contributed by atoms with van der Waals surface area (Å²) in [6.45, 7) is 3.15. The molecule has 0 radical (unpaired) electrons. The predicted molar refractivity (Wildman–Crippen MR) is 86.7 cm³/mol. The third-order valence-electron chi connectivity index (χ3n) is 4.25. The quantitative estimate of drug-likeness (QED) is 0.800. The Labute approximate surface area is 141 Å². The van der Waals surface area contributed by atoms with E-state index in [-0.39, 0.29) is 12.2 Å². The van der Waals surface area contributed by atoms with Crippen LogP contribution in [0.4, 0.5) is 0 Å². The lowest BCUT2D eigenvalue weighted by Crippen LogP contribution is -2.27. The van der Waals surface area contributed by atoms with E-state index < -0.39 is 24.1 Å². The van der Waals surface area contributed by atoms with E-state index in [1.165, 1.54) is 24.3 Å². The van der Waals surface area contributed by atoms with E-state index in [4.69, 9.17) is 9.47 Å². The van der Waals surface area contributed by atoms with Crippen LogP contribution >= 0.6 is 0 Å². The highest BCUT2D eigenvalue weighted by atomic mass is 16.6. The minimum absolute atomic E-state index is 0.169. The molecule has 0 spiro atoms. The number of hydrogen-bond acceptors (Lipinski definition) is 6. The molecular formula is C18H24O6. The Balaban J connectivity index is 1.91. The third-order valence-corrected chi connectivity index (χ3v) is 4.25. The maximum absolute atomic E-state index is 12.1. The molecule has 1 saturated carbocycles. The standard InChI is InChI=1S/C18H24O6/c1-11(19)12(2)23-17(21)13-3-5-14(6-4-13)18(22)24-16-9-7-15(20)8-10-16/h3-6,11-12,15-16,19-20H,7-10H2,1-2H3. The molecule has 0 aromatic heterocycles. The number of ether oxygens (including phenoxy) is 2. The molecule has 1 fully saturated rings. The smallest absolute Gasteiger partial charge is 0.338 e.